The Kier molecular flexibility index (Phi) is 7.06. The number of aromatic amines is 2. The molecule has 192 valence electrons. The molecule has 2 aromatic heterocycles. The van der Waals surface area contributed by atoms with E-state index in [4.69, 9.17) is 21.3 Å². The van der Waals surface area contributed by atoms with Crippen molar-refractivity contribution in [1.82, 2.24) is 19.9 Å². The molecule has 4 aromatic rings. The summed E-state index contributed by atoms with van der Waals surface area (Å²) in [5.41, 5.74) is 6.57. The van der Waals surface area contributed by atoms with Gasteiger partial charge in [-0.25, -0.2) is 4.98 Å². The Morgan fingerprint density at radius 1 is 1.27 bits per heavy atom. The van der Waals surface area contributed by atoms with Gasteiger partial charge in [-0.2, -0.15) is 0 Å². The van der Waals surface area contributed by atoms with Crippen LogP contribution in [0.25, 0.3) is 28.0 Å². The molecule has 0 spiro atoms. The lowest BCUT2D eigenvalue weighted by Crippen LogP contribution is -2.23. The fraction of sp³-hybridized carbons (Fsp3) is 0.286. The van der Waals surface area contributed by atoms with Crippen molar-refractivity contribution in [1.29, 1.82) is 0 Å². The number of benzene rings is 2. The number of fused-ring (bicyclic) bond motifs is 1. The van der Waals surface area contributed by atoms with Gasteiger partial charge < -0.3 is 30.0 Å². The Morgan fingerprint density at radius 2 is 2.11 bits per heavy atom. The Balaban J connectivity index is 1.44. The summed E-state index contributed by atoms with van der Waals surface area (Å²) in [5, 5.41) is 14.4. The van der Waals surface area contributed by atoms with E-state index in [9.17, 15) is 9.90 Å². The van der Waals surface area contributed by atoms with Crippen LogP contribution in [0, 0.1) is 6.92 Å². The molecule has 4 N–H and O–H groups in total. The highest BCUT2D eigenvalue weighted by Gasteiger charge is 2.18. The zero-order valence-corrected chi connectivity index (χ0v) is 21.8. The summed E-state index contributed by atoms with van der Waals surface area (Å²) in [6.07, 6.45) is 3.99. The third kappa shape index (κ3) is 5.13. The maximum Gasteiger partial charge on any atom is 0.261 e. The standard InChI is InChI=1S/C28H30ClN5O3/c1-16-12-19(17-7-10-34(2)11-8-17)14-22-26(16)33-27(32-22)25-21(6-9-30-28(25)36)31-15-23(35)18-4-5-24(37-3)20(29)13-18/h4-7,9,12-14,23,35H,8,10-11,15H2,1-3H3,(H,32,33)(H2,30,31,36)/t23-/m1/s1. The normalized spacial score (nSPS) is 15.0. The SMILES string of the molecule is COc1ccc([C@H](O)CNc2cc[nH]c(=O)c2-c2nc3c(C)cc(C4=CCN(C)CC4)cc3[nH]2)cc1Cl. The van der Waals surface area contributed by atoms with Crippen LogP contribution in [0.1, 0.15) is 29.2 Å². The van der Waals surface area contributed by atoms with Gasteiger partial charge in [-0.05, 0) is 73.0 Å². The van der Waals surface area contributed by atoms with Crippen molar-refractivity contribution in [3.8, 4) is 17.1 Å². The van der Waals surface area contributed by atoms with E-state index in [1.807, 2.05) is 6.92 Å². The van der Waals surface area contributed by atoms with Crippen LogP contribution >= 0.6 is 11.6 Å². The average molecular weight is 520 g/mol. The molecular formula is C28H30ClN5O3. The van der Waals surface area contributed by atoms with Crippen molar-refractivity contribution < 1.29 is 9.84 Å². The van der Waals surface area contributed by atoms with Gasteiger partial charge in [0, 0.05) is 25.8 Å². The summed E-state index contributed by atoms with van der Waals surface area (Å²) in [6.45, 7) is 4.17. The molecule has 1 aliphatic heterocycles. The second kappa shape index (κ2) is 10.4. The van der Waals surface area contributed by atoms with E-state index < -0.39 is 6.10 Å². The maximum absolute atomic E-state index is 12.9. The predicted molar refractivity (Wildman–Crippen MR) is 148 cm³/mol. The highest BCUT2D eigenvalue weighted by Crippen LogP contribution is 2.31. The lowest BCUT2D eigenvalue weighted by molar-refractivity contribution is 0.191. The molecule has 9 heteroatoms. The molecule has 3 heterocycles. The fourth-order valence-electron chi connectivity index (χ4n) is 4.70. The third-order valence-electron chi connectivity index (χ3n) is 6.80. The lowest BCUT2D eigenvalue weighted by Gasteiger charge is -2.22. The van der Waals surface area contributed by atoms with Crippen LogP contribution in [0.3, 0.4) is 0 Å². The van der Waals surface area contributed by atoms with E-state index in [-0.39, 0.29) is 12.1 Å². The van der Waals surface area contributed by atoms with Crippen LogP contribution in [0.4, 0.5) is 5.69 Å². The summed E-state index contributed by atoms with van der Waals surface area (Å²) in [6, 6.07) is 11.2. The second-order valence-electron chi connectivity index (χ2n) is 9.40. The Hall–Kier alpha value is -3.59. The quantitative estimate of drug-likeness (QED) is 0.281. The number of aromatic nitrogens is 3. The van der Waals surface area contributed by atoms with Crippen molar-refractivity contribution >= 4 is 33.9 Å². The number of methoxy groups -OCH3 is 1. The number of H-pyrrole nitrogens is 2. The number of pyridine rings is 1. The zero-order chi connectivity index (χ0) is 26.1. The zero-order valence-electron chi connectivity index (χ0n) is 21.1. The molecule has 0 amide bonds. The molecule has 0 bridgehead atoms. The smallest absolute Gasteiger partial charge is 0.261 e. The molecule has 0 radical (unpaired) electrons. The van der Waals surface area contributed by atoms with Gasteiger partial charge in [-0.15, -0.1) is 0 Å². The lowest BCUT2D eigenvalue weighted by atomic mass is 9.97. The number of likely N-dealkylation sites (N-methyl/N-ethyl adjacent to an activating group) is 1. The predicted octanol–water partition coefficient (Wildman–Crippen LogP) is 4.75. The van der Waals surface area contributed by atoms with Crippen molar-refractivity contribution in [2.24, 2.45) is 0 Å². The summed E-state index contributed by atoms with van der Waals surface area (Å²) in [4.78, 5) is 26.1. The van der Waals surface area contributed by atoms with E-state index in [0.717, 1.165) is 36.1 Å². The van der Waals surface area contributed by atoms with E-state index in [1.54, 1.807) is 37.6 Å². The van der Waals surface area contributed by atoms with E-state index in [2.05, 4.69) is 45.4 Å². The topological polar surface area (TPSA) is 106 Å². The van der Waals surface area contributed by atoms with Crippen LogP contribution in [-0.2, 0) is 0 Å². The average Bonchev–Trinajstić information content (AvgIpc) is 3.32. The summed E-state index contributed by atoms with van der Waals surface area (Å²) in [7, 11) is 3.66. The number of rotatable bonds is 7. The minimum absolute atomic E-state index is 0.172. The number of halogens is 1. The molecule has 1 aliphatic rings. The van der Waals surface area contributed by atoms with Crippen molar-refractivity contribution in [3.63, 3.8) is 0 Å². The van der Waals surface area contributed by atoms with Crippen molar-refractivity contribution in [2.75, 3.05) is 39.1 Å². The molecular weight excluding hydrogens is 490 g/mol. The highest BCUT2D eigenvalue weighted by atomic mass is 35.5. The van der Waals surface area contributed by atoms with Crippen LogP contribution in [-0.4, -0.2) is 58.8 Å². The monoisotopic (exact) mass is 519 g/mol. The number of imidazole rings is 1. The van der Waals surface area contributed by atoms with Crippen LogP contribution in [0.2, 0.25) is 5.02 Å². The van der Waals surface area contributed by atoms with Gasteiger partial charge in [-0.1, -0.05) is 23.7 Å². The molecule has 0 aliphatic carbocycles. The van der Waals surface area contributed by atoms with E-state index in [0.29, 0.717) is 33.4 Å². The minimum Gasteiger partial charge on any atom is -0.495 e. The number of hydrogen-bond acceptors (Lipinski definition) is 6. The van der Waals surface area contributed by atoms with Gasteiger partial charge >= 0.3 is 0 Å². The summed E-state index contributed by atoms with van der Waals surface area (Å²) in [5.74, 6) is 1.01. The van der Waals surface area contributed by atoms with Crippen molar-refractivity contribution in [2.45, 2.75) is 19.4 Å². The second-order valence-corrected chi connectivity index (χ2v) is 9.81. The van der Waals surface area contributed by atoms with Crippen LogP contribution < -0.4 is 15.6 Å². The number of aliphatic hydroxyl groups is 1. The molecule has 5 rings (SSSR count). The summed E-state index contributed by atoms with van der Waals surface area (Å²) < 4.78 is 5.18. The Morgan fingerprint density at radius 3 is 2.84 bits per heavy atom. The van der Waals surface area contributed by atoms with Crippen molar-refractivity contribution in [3.05, 3.63) is 80.7 Å². The first-order valence-electron chi connectivity index (χ1n) is 12.2. The molecule has 1 atom stereocenters. The largest absolute Gasteiger partial charge is 0.495 e. The molecule has 0 unspecified atom stereocenters. The molecule has 8 nitrogen and oxygen atoms in total. The van der Waals surface area contributed by atoms with E-state index >= 15 is 0 Å². The first-order chi connectivity index (χ1) is 17.8. The van der Waals surface area contributed by atoms with Gasteiger partial charge in [0.1, 0.15) is 17.1 Å². The molecule has 0 fully saturated rings. The number of nitrogens with zero attached hydrogens (tertiary/aromatic N) is 2. The van der Waals surface area contributed by atoms with E-state index in [1.165, 1.54) is 11.1 Å². The molecule has 37 heavy (non-hydrogen) atoms. The molecule has 0 saturated heterocycles. The first kappa shape index (κ1) is 25.1. The number of aryl methyl sites for hydroxylation is 1. The number of nitrogens with one attached hydrogen (secondary N) is 3. The third-order valence-corrected chi connectivity index (χ3v) is 7.10. The van der Waals surface area contributed by atoms with Crippen LogP contribution in [0.15, 0.2) is 53.5 Å². The number of anilines is 1. The number of aliphatic hydroxyl groups excluding tert-OH is 1. The fourth-order valence-corrected chi connectivity index (χ4v) is 4.97. The maximum atomic E-state index is 12.9. The molecule has 2 aromatic carbocycles. The van der Waals surface area contributed by atoms with Crippen LogP contribution in [0.5, 0.6) is 5.75 Å². The first-order valence-corrected chi connectivity index (χ1v) is 12.6. The minimum atomic E-state index is -0.848. The van der Waals surface area contributed by atoms with Gasteiger partial charge in [0.05, 0.1) is 35.0 Å². The summed E-state index contributed by atoms with van der Waals surface area (Å²) >= 11 is 6.22. The number of hydrogen-bond donors (Lipinski definition) is 4. The molecule has 0 saturated carbocycles. The van der Waals surface area contributed by atoms with Gasteiger partial charge in [0.15, 0.2) is 0 Å². The van der Waals surface area contributed by atoms with Gasteiger partial charge in [0.25, 0.3) is 5.56 Å². The van der Waals surface area contributed by atoms with Gasteiger partial charge in [0.2, 0.25) is 0 Å². The van der Waals surface area contributed by atoms with Gasteiger partial charge in [-0.3, -0.25) is 4.79 Å². The Bertz CT molecular complexity index is 1540. The Labute approximate surface area is 220 Å². The highest BCUT2D eigenvalue weighted by molar-refractivity contribution is 6.32. The number of ether oxygens (including phenoxy) is 1.